The molecule has 0 aliphatic carbocycles. The minimum Gasteiger partial charge on any atom is -0.384 e. The number of rotatable bonds is 3. The molecule has 0 unspecified atom stereocenters. The van der Waals surface area contributed by atoms with Gasteiger partial charge in [0, 0.05) is 56.1 Å². The summed E-state index contributed by atoms with van der Waals surface area (Å²) < 4.78 is 2.06. The Hall–Kier alpha value is -2.66. The van der Waals surface area contributed by atoms with E-state index in [0.29, 0.717) is 5.82 Å². The van der Waals surface area contributed by atoms with E-state index in [9.17, 15) is 0 Å². The highest BCUT2D eigenvalue weighted by Gasteiger charge is 2.22. The number of anilines is 1. The second kappa shape index (κ2) is 6.69. The Kier molecular flexibility index (Phi) is 4.24. The molecule has 0 atom stereocenters. The number of benzene rings is 1. The van der Waals surface area contributed by atoms with Gasteiger partial charge in [-0.1, -0.05) is 30.3 Å². The van der Waals surface area contributed by atoms with E-state index < -0.39 is 0 Å². The van der Waals surface area contributed by atoms with Crippen LogP contribution in [-0.2, 0) is 26.4 Å². The molecular weight excluding hydrogens is 310 g/mol. The lowest BCUT2D eigenvalue weighted by atomic mass is 10.0. The zero-order chi connectivity index (χ0) is 17.2. The van der Waals surface area contributed by atoms with Crippen molar-refractivity contribution in [2.75, 3.05) is 18.8 Å². The summed E-state index contributed by atoms with van der Waals surface area (Å²) in [6, 6.07) is 14.5. The second-order valence-electron chi connectivity index (χ2n) is 6.63. The van der Waals surface area contributed by atoms with Crippen molar-refractivity contribution in [2.24, 2.45) is 7.05 Å². The van der Waals surface area contributed by atoms with Gasteiger partial charge in [-0.2, -0.15) is 5.10 Å². The molecule has 0 saturated heterocycles. The molecule has 5 nitrogen and oxygen atoms in total. The fourth-order valence-electron chi connectivity index (χ4n) is 3.66. The molecule has 2 aromatic heterocycles. The van der Waals surface area contributed by atoms with E-state index in [1.54, 1.807) is 6.20 Å². The van der Waals surface area contributed by atoms with Gasteiger partial charge < -0.3 is 5.73 Å². The zero-order valence-corrected chi connectivity index (χ0v) is 14.5. The number of hydrogen-bond acceptors (Lipinski definition) is 4. The molecule has 0 bridgehead atoms. The van der Waals surface area contributed by atoms with Crippen LogP contribution in [0.1, 0.15) is 16.8 Å². The molecule has 0 spiro atoms. The summed E-state index contributed by atoms with van der Waals surface area (Å²) in [4.78, 5) is 6.57. The van der Waals surface area contributed by atoms with Crippen molar-refractivity contribution < 1.29 is 0 Å². The first kappa shape index (κ1) is 15.8. The molecule has 4 rings (SSSR count). The molecule has 0 saturated carbocycles. The van der Waals surface area contributed by atoms with Crippen molar-refractivity contribution in [3.63, 3.8) is 0 Å². The Morgan fingerprint density at radius 3 is 2.68 bits per heavy atom. The first-order valence-electron chi connectivity index (χ1n) is 8.73. The normalized spacial score (nSPS) is 14.9. The van der Waals surface area contributed by atoms with Crippen LogP contribution in [-0.4, -0.2) is 32.8 Å². The van der Waals surface area contributed by atoms with Crippen LogP contribution in [0, 0.1) is 0 Å². The average molecular weight is 333 g/mol. The van der Waals surface area contributed by atoms with Crippen molar-refractivity contribution in [1.82, 2.24) is 19.7 Å². The second-order valence-corrected chi connectivity index (χ2v) is 6.63. The van der Waals surface area contributed by atoms with Gasteiger partial charge in [0.1, 0.15) is 5.82 Å². The zero-order valence-electron chi connectivity index (χ0n) is 14.5. The molecule has 2 N–H and O–H groups in total. The molecule has 25 heavy (non-hydrogen) atoms. The van der Waals surface area contributed by atoms with E-state index >= 15 is 0 Å². The van der Waals surface area contributed by atoms with Gasteiger partial charge in [-0.3, -0.25) is 9.58 Å². The third-order valence-corrected chi connectivity index (χ3v) is 4.92. The first-order chi connectivity index (χ1) is 12.2. The lowest BCUT2D eigenvalue weighted by Gasteiger charge is -2.20. The fourth-order valence-corrected chi connectivity index (χ4v) is 3.66. The summed E-state index contributed by atoms with van der Waals surface area (Å²) in [5.74, 6) is 0.589. The van der Waals surface area contributed by atoms with Crippen LogP contribution in [0.25, 0.3) is 11.3 Å². The number of aromatic nitrogens is 3. The summed E-state index contributed by atoms with van der Waals surface area (Å²) in [5, 5.41) is 4.80. The molecule has 3 aromatic rings. The van der Waals surface area contributed by atoms with Gasteiger partial charge in [0.15, 0.2) is 0 Å². The van der Waals surface area contributed by atoms with Gasteiger partial charge >= 0.3 is 0 Å². The van der Waals surface area contributed by atoms with Gasteiger partial charge in [-0.15, -0.1) is 0 Å². The molecule has 0 amide bonds. The van der Waals surface area contributed by atoms with Crippen molar-refractivity contribution in [3.05, 3.63) is 65.5 Å². The maximum absolute atomic E-state index is 5.81. The Bertz CT molecular complexity index is 869. The number of nitrogens with zero attached hydrogens (tertiary/aromatic N) is 4. The molecule has 0 radical (unpaired) electrons. The molecule has 1 aromatic carbocycles. The van der Waals surface area contributed by atoms with Gasteiger partial charge in [0.05, 0.1) is 5.69 Å². The predicted molar refractivity (Wildman–Crippen MR) is 100.0 cm³/mol. The topological polar surface area (TPSA) is 60.0 Å². The lowest BCUT2D eigenvalue weighted by Crippen LogP contribution is -2.26. The smallest absolute Gasteiger partial charge is 0.123 e. The molecule has 1 aliphatic heterocycles. The summed E-state index contributed by atoms with van der Waals surface area (Å²) in [5.41, 5.74) is 12.1. The fraction of sp³-hybridized carbons (Fsp3) is 0.300. The standard InChI is InChI=1S/C20H23N5/c1-24-18-9-12-25(14-15-7-10-22-19(21)13-15)11-8-17(18)20(23-24)16-5-3-2-4-6-16/h2-7,10,13H,8-9,11-12,14H2,1H3,(H2,21,22). The quantitative estimate of drug-likeness (QED) is 0.800. The molecule has 3 heterocycles. The third-order valence-electron chi connectivity index (χ3n) is 4.92. The predicted octanol–water partition coefficient (Wildman–Crippen LogP) is 2.67. The number of hydrogen-bond donors (Lipinski definition) is 1. The highest BCUT2D eigenvalue weighted by Crippen LogP contribution is 2.28. The molecule has 0 fully saturated rings. The SMILES string of the molecule is Cn1nc(-c2ccccc2)c2c1CCN(Cc1ccnc(N)c1)CC2. The summed E-state index contributed by atoms with van der Waals surface area (Å²) in [6.45, 7) is 2.97. The van der Waals surface area contributed by atoms with E-state index in [1.807, 2.05) is 18.2 Å². The summed E-state index contributed by atoms with van der Waals surface area (Å²) in [6.07, 6.45) is 3.83. The van der Waals surface area contributed by atoms with Crippen LogP contribution in [0.3, 0.4) is 0 Å². The van der Waals surface area contributed by atoms with Crippen LogP contribution in [0.2, 0.25) is 0 Å². The van der Waals surface area contributed by atoms with Crippen molar-refractivity contribution >= 4 is 5.82 Å². The number of aryl methyl sites for hydroxylation is 1. The summed E-state index contributed by atoms with van der Waals surface area (Å²) in [7, 11) is 2.06. The van der Waals surface area contributed by atoms with Crippen molar-refractivity contribution in [3.8, 4) is 11.3 Å². The maximum Gasteiger partial charge on any atom is 0.123 e. The van der Waals surface area contributed by atoms with Crippen LogP contribution in [0.4, 0.5) is 5.82 Å². The minimum absolute atomic E-state index is 0.589. The van der Waals surface area contributed by atoms with Gasteiger partial charge in [-0.05, 0) is 24.1 Å². The number of fused-ring (bicyclic) bond motifs is 1. The molecule has 5 heteroatoms. The monoisotopic (exact) mass is 333 g/mol. The van der Waals surface area contributed by atoms with Crippen LogP contribution in [0.15, 0.2) is 48.7 Å². The number of pyridine rings is 1. The van der Waals surface area contributed by atoms with Gasteiger partial charge in [-0.25, -0.2) is 4.98 Å². The largest absolute Gasteiger partial charge is 0.384 e. The van der Waals surface area contributed by atoms with Crippen LogP contribution < -0.4 is 5.73 Å². The third kappa shape index (κ3) is 3.28. The minimum atomic E-state index is 0.589. The molecule has 128 valence electrons. The van der Waals surface area contributed by atoms with Gasteiger partial charge in [0.25, 0.3) is 0 Å². The molecular formula is C20H23N5. The molecule has 1 aliphatic rings. The maximum atomic E-state index is 5.81. The first-order valence-corrected chi connectivity index (χ1v) is 8.73. The van der Waals surface area contributed by atoms with Gasteiger partial charge in [0.2, 0.25) is 0 Å². The van der Waals surface area contributed by atoms with E-state index in [-0.39, 0.29) is 0 Å². The van der Waals surface area contributed by atoms with Crippen molar-refractivity contribution in [2.45, 2.75) is 19.4 Å². The summed E-state index contributed by atoms with van der Waals surface area (Å²) >= 11 is 0. The van der Waals surface area contributed by atoms with Crippen LogP contribution >= 0.6 is 0 Å². The lowest BCUT2D eigenvalue weighted by molar-refractivity contribution is 0.278. The van der Waals surface area contributed by atoms with E-state index in [0.717, 1.165) is 38.2 Å². The van der Waals surface area contributed by atoms with Crippen LogP contribution in [0.5, 0.6) is 0 Å². The highest BCUT2D eigenvalue weighted by atomic mass is 15.3. The average Bonchev–Trinajstić information content (AvgIpc) is 2.79. The van der Waals surface area contributed by atoms with E-state index in [1.165, 1.54) is 22.4 Å². The Balaban J connectivity index is 1.56. The number of nitrogens with two attached hydrogens (primary N) is 1. The van der Waals surface area contributed by atoms with E-state index in [4.69, 9.17) is 10.8 Å². The highest BCUT2D eigenvalue weighted by molar-refractivity contribution is 5.64. The Morgan fingerprint density at radius 1 is 1.08 bits per heavy atom. The Morgan fingerprint density at radius 2 is 1.88 bits per heavy atom. The Labute approximate surface area is 148 Å². The van der Waals surface area contributed by atoms with E-state index in [2.05, 4.69) is 45.9 Å². The van der Waals surface area contributed by atoms with Crippen molar-refractivity contribution in [1.29, 1.82) is 0 Å². The number of nitrogen functional groups attached to an aromatic ring is 1.